The maximum Gasteiger partial charge on any atom is 0.0949 e. The van der Waals surface area contributed by atoms with E-state index >= 15 is 0 Å². The Hall–Kier alpha value is -1.61. The average Bonchev–Trinajstić information content (AvgIpc) is 2.82. The van der Waals surface area contributed by atoms with E-state index in [1.165, 1.54) is 16.7 Å². The summed E-state index contributed by atoms with van der Waals surface area (Å²) in [5, 5.41) is 3.41. The van der Waals surface area contributed by atoms with E-state index in [2.05, 4.69) is 33.1 Å². The number of imidazole rings is 1. The summed E-state index contributed by atoms with van der Waals surface area (Å²) in [6.45, 7) is 3.02. The predicted octanol–water partition coefficient (Wildman–Crippen LogP) is 1.58. The minimum Gasteiger partial charge on any atom is -0.333 e. The fourth-order valence-electron chi connectivity index (χ4n) is 2.22. The van der Waals surface area contributed by atoms with Gasteiger partial charge in [0.25, 0.3) is 0 Å². The van der Waals surface area contributed by atoms with E-state index < -0.39 is 0 Å². The first-order chi connectivity index (χ1) is 7.92. The normalized spacial score (nSPS) is 14.8. The van der Waals surface area contributed by atoms with Crippen LogP contribution in [0, 0.1) is 0 Å². The summed E-state index contributed by atoms with van der Waals surface area (Å²) in [5.41, 5.74) is 4.29. The van der Waals surface area contributed by atoms with Gasteiger partial charge in [-0.15, -0.1) is 0 Å². The van der Waals surface area contributed by atoms with Crippen molar-refractivity contribution in [1.29, 1.82) is 0 Å². The summed E-state index contributed by atoms with van der Waals surface area (Å²) in [4.78, 5) is 4.06. The number of nitrogens with one attached hydrogen (secondary N) is 1. The third kappa shape index (κ3) is 1.86. The monoisotopic (exact) mass is 213 g/mol. The number of hydrogen-bond donors (Lipinski definition) is 1. The first-order valence-electron chi connectivity index (χ1n) is 5.69. The minimum absolute atomic E-state index is 0.910. The molecule has 3 heteroatoms. The molecule has 0 fully saturated rings. The van der Waals surface area contributed by atoms with Gasteiger partial charge in [-0.1, -0.05) is 18.2 Å². The zero-order valence-corrected chi connectivity index (χ0v) is 9.19. The maximum atomic E-state index is 4.06. The Bertz CT molecular complexity index is 474. The summed E-state index contributed by atoms with van der Waals surface area (Å²) < 4.78 is 2.10. The highest BCUT2D eigenvalue weighted by Gasteiger charge is 2.08. The molecule has 1 aliphatic heterocycles. The van der Waals surface area contributed by atoms with Crippen molar-refractivity contribution in [3.63, 3.8) is 0 Å². The Labute approximate surface area is 95.1 Å². The van der Waals surface area contributed by atoms with Crippen LogP contribution in [0.5, 0.6) is 0 Å². The molecule has 2 aromatic rings. The minimum atomic E-state index is 0.910. The number of fused-ring (bicyclic) bond motifs is 1. The lowest BCUT2D eigenvalue weighted by atomic mass is 9.98. The summed E-state index contributed by atoms with van der Waals surface area (Å²) in [5.74, 6) is 0. The standard InChI is InChI=1S/C13H15N3/c1-2-12-3-4-14-8-13(12)7-11(1)9-16-6-5-15-10-16/h1-2,5-7,10,14H,3-4,8-9H2. The molecule has 3 rings (SSSR count). The third-order valence-corrected chi connectivity index (χ3v) is 3.08. The highest BCUT2D eigenvalue weighted by Crippen LogP contribution is 2.16. The fraction of sp³-hybridized carbons (Fsp3) is 0.308. The number of benzene rings is 1. The molecule has 0 amide bonds. The number of hydrogen-bond acceptors (Lipinski definition) is 2. The van der Waals surface area contributed by atoms with Crippen LogP contribution in [0.1, 0.15) is 16.7 Å². The highest BCUT2D eigenvalue weighted by molar-refractivity contribution is 5.33. The van der Waals surface area contributed by atoms with Gasteiger partial charge in [0, 0.05) is 25.5 Å². The quantitative estimate of drug-likeness (QED) is 0.820. The van der Waals surface area contributed by atoms with Crippen LogP contribution in [-0.2, 0) is 19.5 Å². The van der Waals surface area contributed by atoms with E-state index in [-0.39, 0.29) is 0 Å². The van der Waals surface area contributed by atoms with Gasteiger partial charge in [-0.2, -0.15) is 0 Å². The lowest BCUT2D eigenvalue weighted by molar-refractivity contribution is 0.641. The fourth-order valence-corrected chi connectivity index (χ4v) is 2.22. The SMILES string of the molecule is c1cn(Cc2ccc3c(c2)CNCC3)cn1. The molecule has 1 N–H and O–H groups in total. The van der Waals surface area contributed by atoms with E-state index in [0.29, 0.717) is 0 Å². The lowest BCUT2D eigenvalue weighted by Gasteiger charge is -2.18. The second kappa shape index (κ2) is 4.10. The Balaban J connectivity index is 1.86. The van der Waals surface area contributed by atoms with Crippen molar-refractivity contribution in [2.75, 3.05) is 6.54 Å². The van der Waals surface area contributed by atoms with E-state index in [1.54, 1.807) is 0 Å². The van der Waals surface area contributed by atoms with Gasteiger partial charge in [-0.05, 0) is 29.7 Å². The first-order valence-corrected chi connectivity index (χ1v) is 5.69. The Kier molecular flexibility index (Phi) is 2.46. The van der Waals surface area contributed by atoms with E-state index in [9.17, 15) is 0 Å². The van der Waals surface area contributed by atoms with E-state index in [1.807, 2.05) is 18.7 Å². The second-order valence-corrected chi connectivity index (χ2v) is 4.26. The number of nitrogens with zero attached hydrogens (tertiary/aromatic N) is 2. The van der Waals surface area contributed by atoms with Crippen molar-refractivity contribution in [2.24, 2.45) is 0 Å². The summed E-state index contributed by atoms with van der Waals surface area (Å²) in [7, 11) is 0. The number of aromatic nitrogens is 2. The van der Waals surface area contributed by atoms with Crippen molar-refractivity contribution >= 4 is 0 Å². The lowest BCUT2D eigenvalue weighted by Crippen LogP contribution is -2.23. The van der Waals surface area contributed by atoms with Gasteiger partial charge in [0.2, 0.25) is 0 Å². The molecule has 1 aromatic heterocycles. The summed E-state index contributed by atoms with van der Waals surface area (Å²) in [6.07, 6.45) is 6.83. The second-order valence-electron chi connectivity index (χ2n) is 4.26. The molecular weight excluding hydrogens is 198 g/mol. The molecule has 1 aliphatic rings. The molecule has 3 nitrogen and oxygen atoms in total. The van der Waals surface area contributed by atoms with Crippen LogP contribution in [0.2, 0.25) is 0 Å². The molecule has 0 radical (unpaired) electrons. The molecule has 16 heavy (non-hydrogen) atoms. The van der Waals surface area contributed by atoms with Gasteiger partial charge in [0.05, 0.1) is 6.33 Å². The molecule has 82 valence electrons. The van der Waals surface area contributed by atoms with Crippen LogP contribution in [0.15, 0.2) is 36.9 Å². The zero-order chi connectivity index (χ0) is 10.8. The highest BCUT2D eigenvalue weighted by atomic mass is 15.0. The molecule has 2 heterocycles. The maximum absolute atomic E-state index is 4.06. The zero-order valence-electron chi connectivity index (χ0n) is 9.19. The molecule has 0 bridgehead atoms. The number of rotatable bonds is 2. The summed E-state index contributed by atoms with van der Waals surface area (Å²) >= 11 is 0. The Morgan fingerprint density at radius 2 is 2.31 bits per heavy atom. The predicted molar refractivity (Wildman–Crippen MR) is 63.2 cm³/mol. The Morgan fingerprint density at radius 3 is 3.19 bits per heavy atom. The van der Waals surface area contributed by atoms with Crippen LogP contribution in [-0.4, -0.2) is 16.1 Å². The van der Waals surface area contributed by atoms with Gasteiger partial charge < -0.3 is 9.88 Å². The van der Waals surface area contributed by atoms with Gasteiger partial charge in [0.1, 0.15) is 0 Å². The molecule has 1 aromatic carbocycles. The van der Waals surface area contributed by atoms with Gasteiger partial charge in [0.15, 0.2) is 0 Å². The van der Waals surface area contributed by atoms with Crippen LogP contribution < -0.4 is 5.32 Å². The molecule has 0 saturated carbocycles. The molecular formula is C13H15N3. The molecule has 0 saturated heterocycles. The molecule has 0 spiro atoms. The average molecular weight is 213 g/mol. The molecule has 0 aliphatic carbocycles. The van der Waals surface area contributed by atoms with Crippen molar-refractivity contribution in [2.45, 2.75) is 19.5 Å². The van der Waals surface area contributed by atoms with E-state index in [4.69, 9.17) is 0 Å². The van der Waals surface area contributed by atoms with Gasteiger partial charge in [-0.25, -0.2) is 4.98 Å². The first kappa shape index (κ1) is 9.60. The van der Waals surface area contributed by atoms with Crippen LogP contribution in [0.25, 0.3) is 0 Å². The van der Waals surface area contributed by atoms with Crippen LogP contribution in [0.4, 0.5) is 0 Å². The Morgan fingerprint density at radius 1 is 1.31 bits per heavy atom. The molecule has 0 atom stereocenters. The van der Waals surface area contributed by atoms with Crippen LogP contribution in [0.3, 0.4) is 0 Å². The van der Waals surface area contributed by atoms with E-state index in [0.717, 1.165) is 26.1 Å². The van der Waals surface area contributed by atoms with Crippen LogP contribution >= 0.6 is 0 Å². The largest absolute Gasteiger partial charge is 0.333 e. The smallest absolute Gasteiger partial charge is 0.0949 e. The third-order valence-electron chi connectivity index (χ3n) is 3.08. The van der Waals surface area contributed by atoms with Crippen molar-refractivity contribution in [1.82, 2.24) is 14.9 Å². The van der Waals surface area contributed by atoms with Crippen molar-refractivity contribution in [3.05, 3.63) is 53.6 Å². The van der Waals surface area contributed by atoms with Crippen molar-refractivity contribution in [3.8, 4) is 0 Å². The van der Waals surface area contributed by atoms with Gasteiger partial charge in [-0.3, -0.25) is 0 Å². The van der Waals surface area contributed by atoms with Crippen molar-refractivity contribution < 1.29 is 0 Å². The van der Waals surface area contributed by atoms with Gasteiger partial charge >= 0.3 is 0 Å². The topological polar surface area (TPSA) is 29.9 Å². The molecule has 0 unspecified atom stereocenters. The summed E-state index contributed by atoms with van der Waals surface area (Å²) in [6, 6.07) is 6.80.